The number of hydrogen-bond acceptors (Lipinski definition) is 0. The van der Waals surface area contributed by atoms with Crippen molar-refractivity contribution in [2.45, 2.75) is 83.5 Å². The van der Waals surface area contributed by atoms with Crippen LogP contribution in [0.1, 0.15) is 112 Å². The van der Waals surface area contributed by atoms with Gasteiger partial charge < -0.3 is 4.57 Å². The molecule has 1 atom stereocenters. The first kappa shape index (κ1) is 47.0. The first-order valence-electron chi connectivity index (χ1n) is 27.2. The molecule has 0 bridgehead atoms. The summed E-state index contributed by atoms with van der Waals surface area (Å²) in [7, 11) is 0. The summed E-state index contributed by atoms with van der Waals surface area (Å²) in [4.78, 5) is 0. The largest absolute Gasteiger partial charge is 0.310 e. The van der Waals surface area contributed by atoms with Gasteiger partial charge in [0.15, 0.2) is 0 Å². The fraction of sp³-hybridized carbons (Fsp3) is 0.178. The summed E-state index contributed by atoms with van der Waals surface area (Å²) in [6.45, 7) is 6.55. The van der Waals surface area contributed by atoms with E-state index in [1.165, 1.54) is 123 Å². The molecule has 0 N–H and O–H groups in total. The van der Waals surface area contributed by atoms with E-state index in [0.29, 0.717) is 5.92 Å². The Kier molecular flexibility index (Phi) is 13.0. The number of aromatic nitrogens is 1. The van der Waals surface area contributed by atoms with Crippen LogP contribution in [0.25, 0.3) is 51.7 Å². The van der Waals surface area contributed by atoms with Gasteiger partial charge in [0.25, 0.3) is 0 Å². The standard InChI is InChI=1S/C28H24.C25H23N.C20H18/c1-2-10-21-17-19-23(20-18-21)28(22-11-4-3-5-12-22)26-15-8-6-13-24(26)25-14-7-9-16-27(25)28;1-18-13-15-19(16-14-18)20-7-6-8-21(17-20)26-24-11-4-2-9-22(24)23-10-3-5-12-25(23)26;1-14-5-4-7-15(11-14)16-9-10-18-12-17-6-2-3-8-19(17)20(18)13-16/h3-9,11-20H,2,10H2,1H3;4,6-8,10-17H,2-3,5,9H2,1H3;2-8,10-11,13,16H,9,12H2,1H3. The lowest BCUT2D eigenvalue weighted by molar-refractivity contribution is 0.767. The summed E-state index contributed by atoms with van der Waals surface area (Å²) in [5.74, 6) is 0.528. The zero-order valence-corrected chi connectivity index (χ0v) is 43.2. The lowest BCUT2D eigenvalue weighted by Crippen LogP contribution is -2.31. The minimum Gasteiger partial charge on any atom is -0.310 e. The van der Waals surface area contributed by atoms with Gasteiger partial charge in [0.2, 0.25) is 0 Å². The van der Waals surface area contributed by atoms with Crippen LogP contribution in [0.2, 0.25) is 0 Å². The van der Waals surface area contributed by atoms with E-state index in [4.69, 9.17) is 0 Å². The Bertz CT molecular complexity index is 3700. The summed E-state index contributed by atoms with van der Waals surface area (Å²) in [5, 5.41) is 2.85. The molecule has 74 heavy (non-hydrogen) atoms. The highest BCUT2D eigenvalue weighted by atomic mass is 15.0. The third kappa shape index (κ3) is 8.69. The van der Waals surface area contributed by atoms with Crippen molar-refractivity contribution >= 4 is 23.8 Å². The number of hydrogen-bond donors (Lipinski definition) is 0. The van der Waals surface area contributed by atoms with E-state index in [0.717, 1.165) is 44.9 Å². The van der Waals surface area contributed by atoms with Crippen LogP contribution >= 0.6 is 0 Å². The van der Waals surface area contributed by atoms with Gasteiger partial charge in [0, 0.05) is 22.6 Å². The Morgan fingerprint density at radius 3 is 2.00 bits per heavy atom. The number of rotatable bonds is 7. The highest BCUT2D eigenvalue weighted by Crippen LogP contribution is 2.56. The van der Waals surface area contributed by atoms with Gasteiger partial charge in [-0.05, 0) is 166 Å². The second-order valence-corrected chi connectivity index (χ2v) is 20.9. The molecule has 0 aliphatic heterocycles. The SMILES string of the molecule is CCCc1ccc(C2(c3ccccc3)c3ccccc3-c3ccccc32)cc1.Cc1ccc(-c2cccc(-n3c4c(c5c3=CCCC=5)CCC=C4)c2)cc1.Cc1cccc(C2C=C3C(=CC2)Cc2ccccc23)c1. The average molecular weight is 956 g/mol. The Balaban J connectivity index is 0.000000114. The van der Waals surface area contributed by atoms with Crippen molar-refractivity contribution in [3.8, 4) is 27.9 Å². The van der Waals surface area contributed by atoms with Crippen LogP contribution in [0.15, 0.2) is 224 Å². The van der Waals surface area contributed by atoms with E-state index >= 15 is 0 Å². The molecular weight excluding hydrogens is 891 g/mol. The summed E-state index contributed by atoms with van der Waals surface area (Å²) in [6.07, 6.45) is 23.6. The molecule has 362 valence electrons. The second-order valence-electron chi connectivity index (χ2n) is 20.9. The first-order chi connectivity index (χ1) is 36.5. The Labute approximate surface area is 439 Å². The van der Waals surface area contributed by atoms with E-state index < -0.39 is 0 Å². The molecule has 0 amide bonds. The van der Waals surface area contributed by atoms with Gasteiger partial charge in [-0.15, -0.1) is 0 Å². The smallest absolute Gasteiger partial charge is 0.0713 e. The van der Waals surface area contributed by atoms with Crippen molar-refractivity contribution in [2.75, 3.05) is 0 Å². The summed E-state index contributed by atoms with van der Waals surface area (Å²) < 4.78 is 2.47. The maximum absolute atomic E-state index is 2.48. The number of fused-ring (bicyclic) bond motifs is 9. The molecule has 0 radical (unpaired) electrons. The Morgan fingerprint density at radius 2 is 1.24 bits per heavy atom. The van der Waals surface area contributed by atoms with E-state index in [1.807, 2.05) is 0 Å². The van der Waals surface area contributed by atoms with Crippen molar-refractivity contribution in [1.29, 1.82) is 0 Å². The van der Waals surface area contributed by atoms with E-state index in [9.17, 15) is 0 Å². The number of allylic oxidation sites excluding steroid dienone is 5. The van der Waals surface area contributed by atoms with Crippen molar-refractivity contribution in [1.82, 2.24) is 4.57 Å². The van der Waals surface area contributed by atoms with Crippen LogP contribution in [0.3, 0.4) is 0 Å². The maximum atomic E-state index is 2.48. The summed E-state index contributed by atoms with van der Waals surface area (Å²) in [5.41, 5.74) is 26.0. The normalized spacial score (nSPS) is 15.9. The highest BCUT2D eigenvalue weighted by molar-refractivity contribution is 5.88. The lowest BCUT2D eigenvalue weighted by Gasteiger charge is -2.34. The number of aryl methyl sites for hydroxylation is 3. The third-order valence-corrected chi connectivity index (χ3v) is 16.1. The van der Waals surface area contributed by atoms with Crippen LogP contribution in [-0.4, -0.2) is 4.57 Å². The molecule has 1 unspecified atom stereocenters. The highest BCUT2D eigenvalue weighted by Gasteiger charge is 2.45. The molecule has 1 aromatic heterocycles. The minimum atomic E-state index is -0.265. The van der Waals surface area contributed by atoms with E-state index in [-0.39, 0.29) is 5.41 Å². The van der Waals surface area contributed by atoms with E-state index in [1.54, 1.807) is 0 Å². The quantitative estimate of drug-likeness (QED) is 0.150. The topological polar surface area (TPSA) is 4.93 Å². The molecule has 1 heterocycles. The van der Waals surface area contributed by atoms with Gasteiger partial charge in [-0.3, -0.25) is 0 Å². The van der Waals surface area contributed by atoms with Gasteiger partial charge in [-0.25, -0.2) is 0 Å². The van der Waals surface area contributed by atoms with Crippen molar-refractivity contribution in [3.05, 3.63) is 301 Å². The van der Waals surface area contributed by atoms with Gasteiger partial charge in [0.1, 0.15) is 0 Å². The number of nitrogens with zero attached hydrogens (tertiary/aromatic N) is 1. The minimum absolute atomic E-state index is 0.265. The molecule has 0 saturated carbocycles. The summed E-state index contributed by atoms with van der Waals surface area (Å²) in [6, 6.07) is 73.6. The zero-order valence-electron chi connectivity index (χ0n) is 43.2. The third-order valence-electron chi connectivity index (χ3n) is 16.1. The molecule has 1 heteroatoms. The lowest BCUT2D eigenvalue weighted by atomic mass is 9.67. The van der Waals surface area contributed by atoms with Crippen LogP contribution < -0.4 is 10.6 Å². The molecule has 0 fully saturated rings. The average Bonchev–Trinajstić information content (AvgIpc) is 4.14. The molecule has 0 spiro atoms. The van der Waals surface area contributed by atoms with Gasteiger partial charge in [-0.1, -0.05) is 243 Å². The van der Waals surface area contributed by atoms with Crippen LogP contribution in [0, 0.1) is 13.8 Å². The zero-order chi connectivity index (χ0) is 50.0. The fourth-order valence-corrected chi connectivity index (χ4v) is 12.6. The van der Waals surface area contributed by atoms with Crippen molar-refractivity contribution in [3.63, 3.8) is 0 Å². The van der Waals surface area contributed by atoms with Crippen LogP contribution in [0.5, 0.6) is 0 Å². The monoisotopic (exact) mass is 956 g/mol. The predicted molar refractivity (Wildman–Crippen MR) is 313 cm³/mol. The molecule has 5 aliphatic carbocycles. The second kappa shape index (κ2) is 20.5. The first-order valence-corrected chi connectivity index (χ1v) is 27.2. The molecule has 5 aliphatic rings. The Hall–Kier alpha value is -8.00. The molecule has 9 aromatic rings. The fourth-order valence-electron chi connectivity index (χ4n) is 12.6. The molecule has 1 nitrogen and oxygen atoms in total. The maximum Gasteiger partial charge on any atom is 0.0713 e. The van der Waals surface area contributed by atoms with Gasteiger partial charge in [-0.2, -0.15) is 0 Å². The van der Waals surface area contributed by atoms with Crippen LogP contribution in [0.4, 0.5) is 0 Å². The van der Waals surface area contributed by atoms with Crippen molar-refractivity contribution < 1.29 is 0 Å². The number of benzene rings is 8. The van der Waals surface area contributed by atoms with Crippen LogP contribution in [-0.2, 0) is 24.7 Å². The molecular formula is C73H65N. The molecule has 0 saturated heterocycles. The van der Waals surface area contributed by atoms with Gasteiger partial charge in [0.05, 0.1) is 5.41 Å². The van der Waals surface area contributed by atoms with Gasteiger partial charge >= 0.3 is 0 Å². The molecule has 8 aromatic carbocycles. The Morgan fingerprint density at radius 1 is 0.554 bits per heavy atom. The van der Waals surface area contributed by atoms with E-state index in [2.05, 4.69) is 262 Å². The van der Waals surface area contributed by atoms with Crippen molar-refractivity contribution in [2.24, 2.45) is 0 Å². The summed E-state index contributed by atoms with van der Waals surface area (Å²) >= 11 is 0. The predicted octanol–water partition coefficient (Wildman–Crippen LogP) is 16.8. The molecule has 14 rings (SSSR count).